The van der Waals surface area contributed by atoms with Crippen LogP contribution in [0.5, 0.6) is 5.75 Å². The van der Waals surface area contributed by atoms with Gasteiger partial charge in [-0.3, -0.25) is 4.90 Å². The Labute approximate surface area is 152 Å². The largest absolute Gasteiger partial charge is 0.495 e. The van der Waals surface area contributed by atoms with Crippen LogP contribution in [0, 0.1) is 0 Å². The summed E-state index contributed by atoms with van der Waals surface area (Å²) in [6.07, 6.45) is 1.53. The fraction of sp³-hybridized carbons (Fsp3) is 0.684. The van der Waals surface area contributed by atoms with Crippen molar-refractivity contribution in [1.29, 1.82) is 0 Å². The van der Waals surface area contributed by atoms with Crippen LogP contribution < -0.4 is 15.4 Å². The van der Waals surface area contributed by atoms with E-state index in [1.807, 2.05) is 32.0 Å². The van der Waals surface area contributed by atoms with Crippen LogP contribution in [0.2, 0.25) is 0 Å². The van der Waals surface area contributed by atoms with Gasteiger partial charge in [-0.2, -0.15) is 0 Å². The third-order valence-electron chi connectivity index (χ3n) is 5.24. The standard InChI is InChI=1S/C17H28N4O2.C2H6/c1-19-9-11-21(12-10-19)17(22)5-7-20(8-6-17)14-3-4-15(18)16(13-14)23-2;1-2/h3-4,13,22H,5-12,18H2,1-2H3;1-2H3. The number of aliphatic hydroxyl groups is 1. The van der Waals surface area contributed by atoms with Crippen molar-refractivity contribution in [3.8, 4) is 5.75 Å². The fourth-order valence-electron chi connectivity index (χ4n) is 3.56. The van der Waals surface area contributed by atoms with E-state index in [0.717, 1.165) is 57.8 Å². The van der Waals surface area contributed by atoms with Crippen molar-refractivity contribution in [3.05, 3.63) is 18.2 Å². The Bertz CT molecular complexity index is 536. The van der Waals surface area contributed by atoms with Gasteiger partial charge in [0.1, 0.15) is 11.5 Å². The molecule has 2 saturated heterocycles. The quantitative estimate of drug-likeness (QED) is 0.811. The highest BCUT2D eigenvalue weighted by Gasteiger charge is 2.38. The van der Waals surface area contributed by atoms with E-state index < -0.39 is 5.72 Å². The van der Waals surface area contributed by atoms with E-state index in [-0.39, 0.29) is 0 Å². The van der Waals surface area contributed by atoms with Crippen molar-refractivity contribution in [3.63, 3.8) is 0 Å². The molecule has 0 aromatic heterocycles. The second kappa shape index (κ2) is 8.74. The molecule has 3 N–H and O–H groups in total. The molecule has 2 fully saturated rings. The summed E-state index contributed by atoms with van der Waals surface area (Å²) in [6.45, 7) is 9.64. The van der Waals surface area contributed by atoms with Crippen molar-refractivity contribution < 1.29 is 9.84 Å². The number of piperazine rings is 1. The number of nitrogens with two attached hydrogens (primary N) is 1. The number of rotatable bonds is 3. The molecule has 2 heterocycles. The molecule has 0 saturated carbocycles. The van der Waals surface area contributed by atoms with Gasteiger partial charge in [-0.15, -0.1) is 0 Å². The molecule has 0 aliphatic carbocycles. The summed E-state index contributed by atoms with van der Waals surface area (Å²) in [5.41, 5.74) is 6.99. The SMILES string of the molecule is CC.COc1cc(N2CCC(O)(N3CCN(C)CC3)CC2)ccc1N. The molecule has 0 spiro atoms. The van der Waals surface area contributed by atoms with Crippen molar-refractivity contribution in [2.24, 2.45) is 0 Å². The predicted octanol–water partition coefficient (Wildman–Crippen LogP) is 1.84. The van der Waals surface area contributed by atoms with Crippen LogP contribution in [0.15, 0.2) is 18.2 Å². The van der Waals surface area contributed by atoms with Gasteiger partial charge < -0.3 is 25.4 Å². The molecule has 1 aromatic rings. The summed E-state index contributed by atoms with van der Waals surface area (Å²) < 4.78 is 5.31. The highest BCUT2D eigenvalue weighted by atomic mass is 16.5. The molecular weight excluding hydrogens is 316 g/mol. The van der Waals surface area contributed by atoms with E-state index in [0.29, 0.717) is 11.4 Å². The van der Waals surface area contributed by atoms with E-state index in [1.165, 1.54) is 0 Å². The topological polar surface area (TPSA) is 65.2 Å². The number of nitrogens with zero attached hydrogens (tertiary/aromatic N) is 3. The lowest BCUT2D eigenvalue weighted by Crippen LogP contribution is -2.60. The van der Waals surface area contributed by atoms with Crippen LogP contribution in [-0.2, 0) is 0 Å². The van der Waals surface area contributed by atoms with Crippen molar-refractivity contribution in [2.75, 3.05) is 64.1 Å². The maximum absolute atomic E-state index is 11.0. The second-order valence-electron chi connectivity index (χ2n) is 6.69. The first-order valence-corrected chi connectivity index (χ1v) is 9.36. The van der Waals surface area contributed by atoms with E-state index in [2.05, 4.69) is 21.7 Å². The zero-order valence-corrected chi connectivity index (χ0v) is 16.2. The van der Waals surface area contributed by atoms with Gasteiger partial charge in [0.15, 0.2) is 0 Å². The minimum atomic E-state index is -0.657. The van der Waals surface area contributed by atoms with Gasteiger partial charge in [-0.1, -0.05) is 13.8 Å². The Balaban J connectivity index is 0.00000109. The van der Waals surface area contributed by atoms with Gasteiger partial charge in [0.25, 0.3) is 0 Å². The summed E-state index contributed by atoms with van der Waals surface area (Å²) in [6, 6.07) is 5.89. The van der Waals surface area contributed by atoms with E-state index in [1.54, 1.807) is 7.11 Å². The third kappa shape index (κ3) is 4.57. The van der Waals surface area contributed by atoms with Gasteiger partial charge in [0, 0.05) is 63.9 Å². The van der Waals surface area contributed by atoms with Crippen LogP contribution in [0.1, 0.15) is 26.7 Å². The van der Waals surface area contributed by atoms with Crippen molar-refractivity contribution >= 4 is 11.4 Å². The Morgan fingerprint density at radius 3 is 2.20 bits per heavy atom. The molecule has 6 heteroatoms. The van der Waals surface area contributed by atoms with Gasteiger partial charge >= 0.3 is 0 Å². The molecule has 0 radical (unpaired) electrons. The average Bonchev–Trinajstić information content (AvgIpc) is 2.65. The molecular formula is C19H34N4O2. The first kappa shape index (κ1) is 19.8. The molecule has 6 nitrogen and oxygen atoms in total. The number of piperidine rings is 1. The summed E-state index contributed by atoms with van der Waals surface area (Å²) >= 11 is 0. The lowest BCUT2D eigenvalue weighted by Gasteiger charge is -2.48. The number of anilines is 2. The zero-order valence-electron chi connectivity index (χ0n) is 16.2. The highest BCUT2D eigenvalue weighted by Crippen LogP contribution is 2.33. The van der Waals surface area contributed by atoms with Crippen LogP contribution >= 0.6 is 0 Å². The Hall–Kier alpha value is -1.50. The fourth-order valence-corrected chi connectivity index (χ4v) is 3.56. The molecule has 2 aliphatic heterocycles. The monoisotopic (exact) mass is 350 g/mol. The Kier molecular flexibility index (Phi) is 6.93. The van der Waals surface area contributed by atoms with Gasteiger partial charge in [-0.25, -0.2) is 0 Å². The Morgan fingerprint density at radius 2 is 1.64 bits per heavy atom. The minimum Gasteiger partial charge on any atom is -0.495 e. The van der Waals surface area contributed by atoms with Crippen LogP contribution in [0.3, 0.4) is 0 Å². The normalized spacial score (nSPS) is 21.4. The maximum Gasteiger partial charge on any atom is 0.143 e. The molecule has 0 unspecified atom stereocenters. The molecule has 0 atom stereocenters. The summed E-state index contributed by atoms with van der Waals surface area (Å²) in [5, 5.41) is 11.0. The third-order valence-corrected chi connectivity index (χ3v) is 5.24. The first-order chi connectivity index (χ1) is 12.0. The van der Waals surface area contributed by atoms with Gasteiger partial charge in [-0.05, 0) is 19.2 Å². The zero-order chi connectivity index (χ0) is 18.4. The summed E-state index contributed by atoms with van der Waals surface area (Å²) in [4.78, 5) is 6.87. The smallest absolute Gasteiger partial charge is 0.143 e. The average molecular weight is 351 g/mol. The molecule has 142 valence electrons. The lowest BCUT2D eigenvalue weighted by molar-refractivity contribution is -0.136. The molecule has 1 aromatic carbocycles. The summed E-state index contributed by atoms with van der Waals surface area (Å²) in [7, 11) is 3.77. The second-order valence-corrected chi connectivity index (χ2v) is 6.69. The molecule has 2 aliphatic rings. The molecule has 3 rings (SSSR count). The van der Waals surface area contributed by atoms with Crippen LogP contribution in [-0.4, -0.2) is 74.1 Å². The van der Waals surface area contributed by atoms with Gasteiger partial charge in [0.2, 0.25) is 0 Å². The van der Waals surface area contributed by atoms with E-state index in [4.69, 9.17) is 10.5 Å². The summed E-state index contributed by atoms with van der Waals surface area (Å²) in [5.74, 6) is 0.711. The number of benzene rings is 1. The number of nitrogen functional groups attached to an aromatic ring is 1. The maximum atomic E-state index is 11.0. The predicted molar refractivity (Wildman–Crippen MR) is 104 cm³/mol. The van der Waals surface area contributed by atoms with E-state index in [9.17, 15) is 5.11 Å². The van der Waals surface area contributed by atoms with Gasteiger partial charge in [0.05, 0.1) is 12.8 Å². The minimum absolute atomic E-state index is 0.655. The highest BCUT2D eigenvalue weighted by molar-refractivity contribution is 5.62. The Morgan fingerprint density at radius 1 is 1.04 bits per heavy atom. The molecule has 25 heavy (non-hydrogen) atoms. The number of hydrogen-bond donors (Lipinski definition) is 2. The molecule has 0 amide bonds. The molecule has 0 bridgehead atoms. The lowest BCUT2D eigenvalue weighted by atomic mass is 9.97. The van der Waals surface area contributed by atoms with Crippen molar-refractivity contribution in [1.82, 2.24) is 9.80 Å². The number of likely N-dealkylation sites (N-methyl/N-ethyl adjacent to an activating group) is 1. The first-order valence-electron chi connectivity index (χ1n) is 9.36. The van der Waals surface area contributed by atoms with Crippen LogP contribution in [0.25, 0.3) is 0 Å². The number of ether oxygens (including phenoxy) is 1. The van der Waals surface area contributed by atoms with Crippen LogP contribution in [0.4, 0.5) is 11.4 Å². The number of methoxy groups -OCH3 is 1. The number of hydrogen-bond acceptors (Lipinski definition) is 6. The van der Waals surface area contributed by atoms with E-state index >= 15 is 0 Å². The van der Waals surface area contributed by atoms with Crippen molar-refractivity contribution in [2.45, 2.75) is 32.4 Å².